The summed E-state index contributed by atoms with van der Waals surface area (Å²) in [6.07, 6.45) is 3.94. The molecule has 0 radical (unpaired) electrons. The number of halogens is 2. The number of phenolic OH excluding ortho intramolecular Hbond substituents is 1. The number of benzene rings is 1. The van der Waals surface area contributed by atoms with Gasteiger partial charge in [-0.3, -0.25) is 0 Å². The highest BCUT2D eigenvalue weighted by atomic mass is 19.1. The average molecular weight is 256 g/mol. The van der Waals surface area contributed by atoms with Gasteiger partial charge in [0, 0.05) is 18.6 Å². The molecule has 0 bridgehead atoms. The van der Waals surface area contributed by atoms with E-state index < -0.39 is 17.4 Å². The van der Waals surface area contributed by atoms with E-state index in [1.165, 1.54) is 0 Å². The van der Waals surface area contributed by atoms with Crippen molar-refractivity contribution in [3.8, 4) is 5.75 Å². The Morgan fingerprint density at radius 1 is 1.17 bits per heavy atom. The predicted molar refractivity (Wildman–Crippen MR) is 65.1 cm³/mol. The molecule has 1 aromatic rings. The van der Waals surface area contributed by atoms with Crippen LogP contribution in [-0.4, -0.2) is 17.2 Å². The zero-order chi connectivity index (χ0) is 13.1. The number of nitrogens with two attached hydrogens (primary N) is 1. The second kappa shape index (κ2) is 5.63. The molecule has 1 aliphatic rings. The van der Waals surface area contributed by atoms with Gasteiger partial charge in [-0.2, -0.15) is 0 Å². The number of hydrogen-bond acceptors (Lipinski definition) is 3. The van der Waals surface area contributed by atoms with E-state index in [0.717, 1.165) is 37.8 Å². The fraction of sp³-hybridized carbons (Fsp3) is 0.538. The predicted octanol–water partition coefficient (Wildman–Crippen LogP) is 2.03. The summed E-state index contributed by atoms with van der Waals surface area (Å²) < 4.78 is 26.2. The van der Waals surface area contributed by atoms with Crippen LogP contribution in [-0.2, 0) is 6.54 Å². The third kappa shape index (κ3) is 3.17. The maximum absolute atomic E-state index is 13.1. The van der Waals surface area contributed by atoms with Crippen molar-refractivity contribution < 1.29 is 13.9 Å². The molecule has 1 saturated carbocycles. The molecule has 0 unspecified atom stereocenters. The summed E-state index contributed by atoms with van der Waals surface area (Å²) in [6, 6.07) is 2.94. The van der Waals surface area contributed by atoms with Crippen molar-refractivity contribution in [2.24, 2.45) is 5.73 Å². The van der Waals surface area contributed by atoms with Crippen molar-refractivity contribution in [1.82, 2.24) is 5.32 Å². The van der Waals surface area contributed by atoms with Gasteiger partial charge in [0.2, 0.25) is 0 Å². The number of hydrogen-bond donors (Lipinski definition) is 3. The Balaban J connectivity index is 1.90. The summed E-state index contributed by atoms with van der Waals surface area (Å²) in [4.78, 5) is 0. The van der Waals surface area contributed by atoms with Gasteiger partial charge in [0.1, 0.15) is 0 Å². The first-order valence-corrected chi connectivity index (χ1v) is 6.22. The second-order valence-electron chi connectivity index (χ2n) is 4.90. The first-order valence-electron chi connectivity index (χ1n) is 6.22. The Bertz CT molecular complexity index is 394. The lowest BCUT2D eigenvalue weighted by Gasteiger charge is -2.27. The van der Waals surface area contributed by atoms with Crippen LogP contribution >= 0.6 is 0 Å². The van der Waals surface area contributed by atoms with E-state index in [-0.39, 0.29) is 6.04 Å². The molecular weight excluding hydrogens is 238 g/mol. The third-order valence-electron chi connectivity index (χ3n) is 3.44. The monoisotopic (exact) mass is 256 g/mol. The molecule has 0 spiro atoms. The van der Waals surface area contributed by atoms with E-state index >= 15 is 0 Å². The number of aromatic hydroxyl groups is 1. The van der Waals surface area contributed by atoms with Crippen LogP contribution in [0.25, 0.3) is 0 Å². The van der Waals surface area contributed by atoms with Crippen molar-refractivity contribution in [2.75, 3.05) is 0 Å². The summed E-state index contributed by atoms with van der Waals surface area (Å²) in [7, 11) is 0. The van der Waals surface area contributed by atoms with Crippen LogP contribution in [0.5, 0.6) is 5.75 Å². The van der Waals surface area contributed by atoms with E-state index in [2.05, 4.69) is 5.32 Å². The van der Waals surface area contributed by atoms with Crippen molar-refractivity contribution in [2.45, 2.75) is 44.3 Å². The Kier molecular flexibility index (Phi) is 4.14. The zero-order valence-corrected chi connectivity index (χ0v) is 10.1. The quantitative estimate of drug-likeness (QED) is 0.775. The highest BCUT2D eigenvalue weighted by molar-refractivity contribution is 5.29. The molecule has 100 valence electrons. The molecule has 0 heterocycles. The molecule has 4 N–H and O–H groups in total. The molecule has 0 aliphatic heterocycles. The van der Waals surface area contributed by atoms with Crippen LogP contribution in [0.1, 0.15) is 31.2 Å². The lowest BCUT2D eigenvalue weighted by Crippen LogP contribution is -2.37. The van der Waals surface area contributed by atoms with Crippen molar-refractivity contribution >= 4 is 0 Å². The molecule has 0 atom stereocenters. The fourth-order valence-corrected chi connectivity index (χ4v) is 2.31. The Hall–Kier alpha value is -1.20. The molecule has 1 aromatic carbocycles. The number of rotatable bonds is 3. The highest BCUT2D eigenvalue weighted by Crippen LogP contribution is 2.22. The Labute approximate surface area is 105 Å². The number of phenols is 1. The molecule has 5 heteroatoms. The van der Waals surface area contributed by atoms with Crippen molar-refractivity contribution in [3.05, 3.63) is 29.3 Å². The minimum absolute atomic E-state index is 0.284. The molecule has 1 aliphatic carbocycles. The smallest absolute Gasteiger partial charge is 0.187 e. The molecule has 3 nitrogen and oxygen atoms in total. The van der Waals surface area contributed by atoms with Gasteiger partial charge in [0.25, 0.3) is 0 Å². The summed E-state index contributed by atoms with van der Waals surface area (Å²) in [6.45, 7) is 0.397. The minimum Gasteiger partial charge on any atom is -0.503 e. The fourth-order valence-electron chi connectivity index (χ4n) is 2.31. The van der Waals surface area contributed by atoms with Gasteiger partial charge in [-0.15, -0.1) is 0 Å². The van der Waals surface area contributed by atoms with Crippen LogP contribution in [0, 0.1) is 11.6 Å². The summed E-state index contributed by atoms with van der Waals surface area (Å²) >= 11 is 0. The van der Waals surface area contributed by atoms with E-state index in [9.17, 15) is 8.78 Å². The van der Waals surface area contributed by atoms with Crippen molar-refractivity contribution in [3.63, 3.8) is 0 Å². The highest BCUT2D eigenvalue weighted by Gasteiger charge is 2.18. The van der Waals surface area contributed by atoms with E-state index in [1.54, 1.807) is 0 Å². The van der Waals surface area contributed by atoms with Crippen LogP contribution in [0.15, 0.2) is 12.1 Å². The minimum atomic E-state index is -0.919. The average Bonchev–Trinajstić information content (AvgIpc) is 2.35. The number of nitrogens with one attached hydrogen (secondary N) is 1. The Morgan fingerprint density at radius 2 is 1.72 bits per heavy atom. The van der Waals surface area contributed by atoms with Crippen LogP contribution < -0.4 is 11.1 Å². The molecule has 1 fully saturated rings. The van der Waals surface area contributed by atoms with Gasteiger partial charge >= 0.3 is 0 Å². The molecule has 0 aromatic heterocycles. The van der Waals surface area contributed by atoms with Crippen LogP contribution in [0.4, 0.5) is 8.78 Å². The van der Waals surface area contributed by atoms with Crippen molar-refractivity contribution in [1.29, 1.82) is 0 Å². The summed E-state index contributed by atoms with van der Waals surface area (Å²) in [5, 5.41) is 12.3. The molecule has 2 rings (SSSR count). The van der Waals surface area contributed by atoms with Crippen LogP contribution in [0.3, 0.4) is 0 Å². The third-order valence-corrected chi connectivity index (χ3v) is 3.44. The van der Waals surface area contributed by atoms with Gasteiger partial charge in [0.05, 0.1) is 0 Å². The van der Waals surface area contributed by atoms with Crippen LogP contribution in [0.2, 0.25) is 0 Å². The lowest BCUT2D eigenvalue weighted by molar-refractivity contribution is 0.341. The summed E-state index contributed by atoms with van der Waals surface area (Å²) in [5.74, 6) is -2.75. The van der Waals surface area contributed by atoms with E-state index in [1.807, 2.05) is 0 Å². The molecular formula is C13H18F2N2O. The van der Waals surface area contributed by atoms with Gasteiger partial charge in [-0.1, -0.05) is 0 Å². The lowest BCUT2D eigenvalue weighted by atomic mass is 9.92. The van der Waals surface area contributed by atoms with Gasteiger partial charge in [0.15, 0.2) is 17.4 Å². The van der Waals surface area contributed by atoms with Gasteiger partial charge < -0.3 is 16.2 Å². The molecule has 0 amide bonds. The second-order valence-corrected chi connectivity index (χ2v) is 4.90. The first kappa shape index (κ1) is 13.2. The van der Waals surface area contributed by atoms with E-state index in [0.29, 0.717) is 18.2 Å². The Morgan fingerprint density at radius 3 is 2.28 bits per heavy atom. The SMILES string of the molecule is NC1CCC(NCc2cc(F)c(O)c(F)c2)CC1. The molecule has 18 heavy (non-hydrogen) atoms. The zero-order valence-electron chi connectivity index (χ0n) is 10.1. The van der Waals surface area contributed by atoms with E-state index in [4.69, 9.17) is 10.8 Å². The largest absolute Gasteiger partial charge is 0.503 e. The van der Waals surface area contributed by atoms with Gasteiger partial charge in [-0.25, -0.2) is 8.78 Å². The standard InChI is InChI=1S/C13H18F2N2O/c14-11-5-8(6-12(15)13(11)18)7-17-10-3-1-9(16)2-4-10/h5-6,9-10,17-18H,1-4,7,16H2. The molecule has 0 saturated heterocycles. The topological polar surface area (TPSA) is 58.3 Å². The summed E-state index contributed by atoms with van der Waals surface area (Å²) in [5.41, 5.74) is 6.30. The first-order chi connectivity index (χ1) is 8.56. The maximum atomic E-state index is 13.1. The maximum Gasteiger partial charge on any atom is 0.187 e. The normalized spacial score (nSPS) is 24.2. The van der Waals surface area contributed by atoms with Gasteiger partial charge in [-0.05, 0) is 43.4 Å².